The Bertz CT molecular complexity index is 877. The second-order valence-electron chi connectivity index (χ2n) is 5.85. The highest BCUT2D eigenvalue weighted by molar-refractivity contribution is 7.46. The number of hydroxylamine groups is 1. The second kappa shape index (κ2) is 8.96. The summed E-state index contributed by atoms with van der Waals surface area (Å²) < 4.78 is 15.3. The van der Waals surface area contributed by atoms with Crippen LogP contribution in [-0.2, 0) is 9.36 Å². The SMILES string of the molecule is C[C@@H](O)[C@H](NC(=O)c1ccc(-c2ccc(OP(=O)(O)O)cc2)cc1)C(=O)NO. The molecule has 0 aliphatic rings. The Labute approximate surface area is 160 Å². The predicted molar refractivity (Wildman–Crippen MR) is 97.4 cm³/mol. The normalized spacial score (nSPS) is 13.3. The molecule has 0 aliphatic heterocycles. The minimum absolute atomic E-state index is 0.0133. The maximum Gasteiger partial charge on any atom is 0.524 e. The van der Waals surface area contributed by atoms with Crippen LogP contribution in [0, 0.1) is 0 Å². The molecule has 150 valence electrons. The number of carbonyl (C=O) groups is 2. The summed E-state index contributed by atoms with van der Waals surface area (Å²) in [6.45, 7) is 1.29. The lowest BCUT2D eigenvalue weighted by atomic mass is 10.0. The van der Waals surface area contributed by atoms with Crippen LogP contribution in [0.1, 0.15) is 17.3 Å². The second-order valence-corrected chi connectivity index (χ2v) is 7.02. The number of benzene rings is 2. The fourth-order valence-corrected chi connectivity index (χ4v) is 2.76. The average molecular weight is 410 g/mol. The number of hydrogen-bond donors (Lipinski definition) is 6. The quantitative estimate of drug-likeness (QED) is 0.222. The molecule has 6 N–H and O–H groups in total. The Kier molecular flexibility index (Phi) is 6.90. The Morgan fingerprint density at radius 2 is 1.50 bits per heavy atom. The summed E-state index contributed by atoms with van der Waals surface area (Å²) >= 11 is 0. The van der Waals surface area contributed by atoms with Crippen molar-refractivity contribution >= 4 is 19.6 Å². The van der Waals surface area contributed by atoms with Gasteiger partial charge in [0.1, 0.15) is 11.8 Å². The monoisotopic (exact) mass is 410 g/mol. The lowest BCUT2D eigenvalue weighted by Crippen LogP contribution is -2.51. The summed E-state index contributed by atoms with van der Waals surface area (Å²) in [6.07, 6.45) is -1.22. The van der Waals surface area contributed by atoms with E-state index in [2.05, 4.69) is 9.84 Å². The molecule has 2 rings (SSSR count). The van der Waals surface area contributed by atoms with Crippen LogP contribution in [0.3, 0.4) is 0 Å². The van der Waals surface area contributed by atoms with Crippen LogP contribution < -0.4 is 15.3 Å². The predicted octanol–water partition coefficient (Wildman–Crippen LogP) is 0.810. The zero-order chi connectivity index (χ0) is 20.9. The molecule has 28 heavy (non-hydrogen) atoms. The molecule has 0 bridgehead atoms. The van der Waals surface area contributed by atoms with Crippen molar-refractivity contribution in [1.82, 2.24) is 10.8 Å². The molecule has 2 aromatic rings. The average Bonchev–Trinajstić information content (AvgIpc) is 2.64. The number of aliphatic hydroxyl groups is 1. The maximum absolute atomic E-state index is 12.2. The van der Waals surface area contributed by atoms with Crippen molar-refractivity contribution in [2.24, 2.45) is 0 Å². The number of phosphoric ester groups is 1. The topological polar surface area (TPSA) is 165 Å². The van der Waals surface area contributed by atoms with Gasteiger partial charge in [-0.3, -0.25) is 24.6 Å². The van der Waals surface area contributed by atoms with Crippen molar-refractivity contribution in [3.63, 3.8) is 0 Å². The van der Waals surface area contributed by atoms with E-state index in [1.165, 1.54) is 36.7 Å². The maximum atomic E-state index is 12.2. The Morgan fingerprint density at radius 1 is 1.00 bits per heavy atom. The third-order valence-corrected chi connectivity index (χ3v) is 4.17. The van der Waals surface area contributed by atoms with Crippen molar-refractivity contribution in [2.75, 3.05) is 0 Å². The van der Waals surface area contributed by atoms with Crippen molar-refractivity contribution < 1.29 is 38.8 Å². The first-order valence-electron chi connectivity index (χ1n) is 7.99. The minimum atomic E-state index is -4.63. The number of phosphoric acid groups is 1. The van der Waals surface area contributed by atoms with Crippen LogP contribution in [0.15, 0.2) is 48.5 Å². The first-order chi connectivity index (χ1) is 13.1. The van der Waals surface area contributed by atoms with Gasteiger partial charge in [-0.2, -0.15) is 0 Å². The highest BCUT2D eigenvalue weighted by atomic mass is 31.2. The Balaban J connectivity index is 2.11. The van der Waals surface area contributed by atoms with E-state index in [1.807, 2.05) is 0 Å². The number of hydrogen-bond acceptors (Lipinski definition) is 6. The fraction of sp³-hybridized carbons (Fsp3) is 0.176. The van der Waals surface area contributed by atoms with Crippen LogP contribution in [-0.4, -0.2) is 44.1 Å². The summed E-state index contributed by atoms with van der Waals surface area (Å²) in [4.78, 5) is 41.3. The van der Waals surface area contributed by atoms with Gasteiger partial charge in [0.2, 0.25) is 0 Å². The Morgan fingerprint density at radius 3 is 1.93 bits per heavy atom. The van der Waals surface area contributed by atoms with Gasteiger partial charge in [-0.25, -0.2) is 10.0 Å². The number of nitrogens with one attached hydrogen (secondary N) is 2. The summed E-state index contributed by atoms with van der Waals surface area (Å²) in [6, 6.07) is 10.9. The zero-order valence-corrected chi connectivity index (χ0v) is 15.5. The van der Waals surface area contributed by atoms with Gasteiger partial charge < -0.3 is 14.9 Å². The van der Waals surface area contributed by atoms with Gasteiger partial charge in [0.15, 0.2) is 0 Å². The number of carbonyl (C=O) groups excluding carboxylic acids is 2. The summed E-state index contributed by atoms with van der Waals surface area (Å²) in [5.41, 5.74) is 3.04. The van der Waals surface area contributed by atoms with E-state index in [1.54, 1.807) is 24.3 Å². The van der Waals surface area contributed by atoms with Crippen LogP contribution in [0.25, 0.3) is 11.1 Å². The number of rotatable bonds is 7. The van der Waals surface area contributed by atoms with E-state index in [9.17, 15) is 19.3 Å². The molecule has 10 nitrogen and oxygen atoms in total. The third-order valence-electron chi connectivity index (χ3n) is 3.72. The van der Waals surface area contributed by atoms with Crippen LogP contribution >= 0.6 is 7.82 Å². The molecule has 2 aromatic carbocycles. The van der Waals surface area contributed by atoms with Crippen LogP contribution in [0.4, 0.5) is 0 Å². The summed E-state index contributed by atoms with van der Waals surface area (Å²) in [5.74, 6) is -1.55. The van der Waals surface area contributed by atoms with Crippen LogP contribution in [0.5, 0.6) is 5.75 Å². The van der Waals surface area contributed by atoms with E-state index >= 15 is 0 Å². The fourth-order valence-electron chi connectivity index (χ4n) is 2.36. The lowest BCUT2D eigenvalue weighted by Gasteiger charge is -2.19. The molecule has 11 heteroatoms. The molecule has 0 unspecified atom stereocenters. The van der Waals surface area contributed by atoms with Gasteiger partial charge in [0.25, 0.3) is 11.8 Å². The third kappa shape index (κ3) is 5.88. The standard InChI is InChI=1S/C17H19N2O8P/c1-10(20)15(17(22)19-23)18-16(21)13-4-2-11(3-5-13)12-6-8-14(9-7-12)27-28(24,25)26/h2-10,15,20,23H,1H3,(H,18,21)(H,19,22)(H2,24,25,26)/t10-,15+/m1/s1. The molecule has 0 saturated heterocycles. The van der Waals surface area contributed by atoms with E-state index in [-0.39, 0.29) is 11.3 Å². The number of aliphatic hydroxyl groups excluding tert-OH is 1. The summed E-state index contributed by atoms with van der Waals surface area (Å²) in [5, 5.41) is 20.5. The first kappa shape index (κ1) is 21.5. The van der Waals surface area contributed by atoms with Crippen molar-refractivity contribution in [3.05, 3.63) is 54.1 Å². The van der Waals surface area contributed by atoms with Crippen LogP contribution in [0.2, 0.25) is 0 Å². The van der Waals surface area contributed by atoms with Crippen molar-refractivity contribution in [1.29, 1.82) is 0 Å². The van der Waals surface area contributed by atoms with Gasteiger partial charge in [-0.15, -0.1) is 0 Å². The van der Waals surface area contributed by atoms with Gasteiger partial charge in [0, 0.05) is 5.56 Å². The molecule has 2 amide bonds. The smallest absolute Gasteiger partial charge is 0.404 e. The Hall–Kier alpha value is -2.75. The van der Waals surface area contributed by atoms with E-state index in [0.29, 0.717) is 5.56 Å². The largest absolute Gasteiger partial charge is 0.524 e. The van der Waals surface area contributed by atoms with Crippen molar-refractivity contribution in [2.45, 2.75) is 19.1 Å². The van der Waals surface area contributed by atoms with Gasteiger partial charge >= 0.3 is 7.82 Å². The molecule has 0 radical (unpaired) electrons. The molecule has 0 aromatic heterocycles. The first-order valence-corrected chi connectivity index (χ1v) is 9.52. The van der Waals surface area contributed by atoms with E-state index in [4.69, 9.17) is 15.0 Å². The van der Waals surface area contributed by atoms with E-state index < -0.39 is 31.8 Å². The molecule has 0 aliphatic carbocycles. The molecule has 0 heterocycles. The summed E-state index contributed by atoms with van der Waals surface area (Å²) in [7, 11) is -4.63. The molecule has 2 atom stereocenters. The van der Waals surface area contributed by atoms with Gasteiger partial charge in [-0.1, -0.05) is 24.3 Å². The molecular formula is C17H19N2O8P. The molecular weight excluding hydrogens is 391 g/mol. The van der Waals surface area contributed by atoms with Gasteiger partial charge in [0.05, 0.1) is 6.10 Å². The highest BCUT2D eigenvalue weighted by Crippen LogP contribution is 2.38. The molecule has 0 saturated carbocycles. The lowest BCUT2D eigenvalue weighted by molar-refractivity contribution is -0.133. The molecule has 0 spiro atoms. The van der Waals surface area contributed by atoms with Crippen molar-refractivity contribution in [3.8, 4) is 16.9 Å². The highest BCUT2D eigenvalue weighted by Gasteiger charge is 2.25. The number of amides is 2. The van der Waals surface area contributed by atoms with E-state index in [0.717, 1.165) is 5.56 Å². The molecule has 0 fully saturated rings. The zero-order valence-electron chi connectivity index (χ0n) is 14.6. The minimum Gasteiger partial charge on any atom is -0.404 e. The van der Waals surface area contributed by atoms with Gasteiger partial charge in [-0.05, 0) is 42.3 Å².